The molecule has 0 bridgehead atoms. The number of anilines is 1. The lowest BCUT2D eigenvalue weighted by molar-refractivity contribution is 0.616. The average molecular weight is 260 g/mol. The van der Waals surface area contributed by atoms with E-state index in [0.717, 1.165) is 42.9 Å². The molecule has 1 atom stereocenters. The van der Waals surface area contributed by atoms with Gasteiger partial charge in [0, 0.05) is 12.6 Å². The average Bonchev–Trinajstić information content (AvgIpc) is 2.46. The summed E-state index contributed by atoms with van der Waals surface area (Å²) in [7, 11) is 0. The van der Waals surface area contributed by atoms with E-state index in [9.17, 15) is 5.26 Å². The highest BCUT2D eigenvalue weighted by Crippen LogP contribution is 2.25. The Kier molecular flexibility index (Phi) is 5.75. The molecule has 1 aromatic rings. The summed E-state index contributed by atoms with van der Waals surface area (Å²) < 4.78 is 0. The molecule has 0 aliphatic rings. The van der Waals surface area contributed by atoms with Gasteiger partial charge in [-0.2, -0.15) is 10.4 Å². The summed E-state index contributed by atoms with van der Waals surface area (Å²) in [5, 5.41) is 18.1. The van der Waals surface area contributed by atoms with Gasteiger partial charge in [-0.15, -0.1) is 5.10 Å². The molecule has 0 N–H and O–H groups in total. The quantitative estimate of drug-likeness (QED) is 0.788. The highest BCUT2D eigenvalue weighted by Gasteiger charge is 2.21. The summed E-state index contributed by atoms with van der Waals surface area (Å²) in [6.07, 6.45) is 2.67. The van der Waals surface area contributed by atoms with Crippen LogP contribution in [0.15, 0.2) is 0 Å². The van der Waals surface area contributed by atoms with Gasteiger partial charge in [0.2, 0.25) is 0 Å². The highest BCUT2D eigenvalue weighted by atomic mass is 15.3. The zero-order valence-electron chi connectivity index (χ0n) is 12.7. The molecule has 0 radical (unpaired) electrons. The molecule has 1 heterocycles. The lowest BCUT2D eigenvalue weighted by Gasteiger charge is -2.29. The van der Waals surface area contributed by atoms with Gasteiger partial charge in [0.05, 0.1) is 5.69 Å². The third-order valence-electron chi connectivity index (χ3n) is 3.68. The third-order valence-corrected chi connectivity index (χ3v) is 3.68. The number of hydrogen-bond donors (Lipinski definition) is 0. The van der Waals surface area contributed by atoms with Crippen molar-refractivity contribution >= 4 is 5.82 Å². The molecule has 4 nitrogen and oxygen atoms in total. The van der Waals surface area contributed by atoms with E-state index in [0.29, 0.717) is 11.6 Å². The third kappa shape index (κ3) is 3.04. The lowest BCUT2D eigenvalue weighted by atomic mass is 10.0. The van der Waals surface area contributed by atoms with Crippen molar-refractivity contribution in [2.75, 3.05) is 11.4 Å². The Morgan fingerprint density at radius 3 is 2.26 bits per heavy atom. The summed E-state index contributed by atoms with van der Waals surface area (Å²) >= 11 is 0. The molecule has 0 aliphatic heterocycles. The molecule has 0 spiro atoms. The fourth-order valence-electron chi connectivity index (χ4n) is 2.37. The second kappa shape index (κ2) is 7.08. The molecule has 0 aliphatic carbocycles. The molecule has 0 fully saturated rings. The first-order chi connectivity index (χ1) is 9.14. The van der Waals surface area contributed by atoms with Gasteiger partial charge in [-0.25, -0.2) is 0 Å². The van der Waals surface area contributed by atoms with Gasteiger partial charge in [0.15, 0.2) is 5.82 Å². The largest absolute Gasteiger partial charge is 0.352 e. The predicted molar refractivity (Wildman–Crippen MR) is 78.3 cm³/mol. The van der Waals surface area contributed by atoms with Gasteiger partial charge in [-0.3, -0.25) is 0 Å². The Morgan fingerprint density at radius 1 is 1.16 bits per heavy atom. The molecule has 0 amide bonds. The maximum Gasteiger partial charge on any atom is 0.169 e. The summed E-state index contributed by atoms with van der Waals surface area (Å²) in [5.74, 6) is 0.744. The van der Waals surface area contributed by atoms with E-state index in [2.05, 4.69) is 55.8 Å². The highest BCUT2D eigenvalue weighted by molar-refractivity contribution is 5.58. The van der Waals surface area contributed by atoms with Crippen molar-refractivity contribution in [1.29, 1.82) is 5.26 Å². The SMILES string of the molecule is CCc1nnc(N(CC)C(C)CC)c(C#N)c1CC. The van der Waals surface area contributed by atoms with Crippen molar-refractivity contribution in [1.82, 2.24) is 10.2 Å². The van der Waals surface area contributed by atoms with Crippen LogP contribution in [0.25, 0.3) is 0 Å². The lowest BCUT2D eigenvalue weighted by Crippen LogP contribution is -2.34. The van der Waals surface area contributed by atoms with E-state index in [1.54, 1.807) is 0 Å². The Bertz CT molecular complexity index is 462. The molecule has 1 aromatic heterocycles. The molecule has 1 unspecified atom stereocenters. The number of rotatable bonds is 6. The molecular weight excluding hydrogens is 236 g/mol. The van der Waals surface area contributed by atoms with Crippen LogP contribution in [-0.2, 0) is 12.8 Å². The maximum atomic E-state index is 9.50. The van der Waals surface area contributed by atoms with Gasteiger partial charge < -0.3 is 4.90 Å². The molecule has 19 heavy (non-hydrogen) atoms. The first-order valence-electron chi connectivity index (χ1n) is 7.19. The van der Waals surface area contributed by atoms with E-state index < -0.39 is 0 Å². The zero-order chi connectivity index (χ0) is 14.4. The van der Waals surface area contributed by atoms with E-state index in [4.69, 9.17) is 0 Å². The minimum absolute atomic E-state index is 0.364. The second-order valence-corrected chi connectivity index (χ2v) is 4.69. The van der Waals surface area contributed by atoms with Crippen LogP contribution in [-0.4, -0.2) is 22.8 Å². The molecular formula is C15H24N4. The van der Waals surface area contributed by atoms with Gasteiger partial charge in [0.25, 0.3) is 0 Å². The van der Waals surface area contributed by atoms with Gasteiger partial charge in [-0.05, 0) is 38.7 Å². The molecule has 104 valence electrons. The van der Waals surface area contributed by atoms with E-state index in [1.165, 1.54) is 0 Å². The summed E-state index contributed by atoms with van der Waals surface area (Å²) in [6, 6.07) is 2.70. The van der Waals surface area contributed by atoms with Crippen molar-refractivity contribution in [2.45, 2.75) is 59.9 Å². The van der Waals surface area contributed by atoms with Gasteiger partial charge >= 0.3 is 0 Å². The summed E-state index contributed by atoms with van der Waals surface area (Å²) in [5.41, 5.74) is 2.70. The van der Waals surface area contributed by atoms with Crippen LogP contribution in [0.5, 0.6) is 0 Å². The first-order valence-corrected chi connectivity index (χ1v) is 7.19. The van der Waals surface area contributed by atoms with E-state index in [1.807, 2.05) is 0 Å². The monoisotopic (exact) mass is 260 g/mol. The van der Waals surface area contributed by atoms with E-state index in [-0.39, 0.29) is 0 Å². The normalized spacial score (nSPS) is 12.0. The molecule has 1 rings (SSSR count). The standard InChI is InChI=1S/C15H24N4/c1-6-11(5)19(9-4)15-13(10-16)12(7-2)14(8-3)17-18-15/h11H,6-9H2,1-5H3. The van der Waals surface area contributed by atoms with Crippen molar-refractivity contribution in [3.63, 3.8) is 0 Å². The smallest absolute Gasteiger partial charge is 0.169 e. The molecule has 4 heteroatoms. The molecule has 0 aromatic carbocycles. The van der Waals surface area contributed by atoms with Crippen molar-refractivity contribution in [3.05, 3.63) is 16.8 Å². The Morgan fingerprint density at radius 2 is 1.84 bits per heavy atom. The number of aromatic nitrogens is 2. The van der Waals surface area contributed by atoms with Crippen LogP contribution in [0, 0.1) is 11.3 Å². The number of aryl methyl sites for hydroxylation is 1. The molecule has 0 saturated carbocycles. The Hall–Kier alpha value is -1.63. The van der Waals surface area contributed by atoms with E-state index >= 15 is 0 Å². The van der Waals surface area contributed by atoms with Crippen LogP contribution in [0.3, 0.4) is 0 Å². The number of nitrogens with zero attached hydrogens (tertiary/aromatic N) is 4. The minimum atomic E-state index is 0.364. The second-order valence-electron chi connectivity index (χ2n) is 4.69. The van der Waals surface area contributed by atoms with Gasteiger partial charge in [0.1, 0.15) is 11.6 Å². The summed E-state index contributed by atoms with van der Waals surface area (Å²) in [4.78, 5) is 2.17. The van der Waals surface area contributed by atoms with Gasteiger partial charge in [-0.1, -0.05) is 20.8 Å². The van der Waals surface area contributed by atoms with Crippen molar-refractivity contribution in [2.24, 2.45) is 0 Å². The molecule has 0 saturated heterocycles. The van der Waals surface area contributed by atoms with Crippen molar-refractivity contribution < 1.29 is 0 Å². The Labute approximate surface area is 116 Å². The van der Waals surface area contributed by atoms with Crippen LogP contribution >= 0.6 is 0 Å². The van der Waals surface area contributed by atoms with Crippen LogP contribution in [0.2, 0.25) is 0 Å². The predicted octanol–water partition coefficient (Wildman–Crippen LogP) is 3.10. The fourth-order valence-corrected chi connectivity index (χ4v) is 2.37. The van der Waals surface area contributed by atoms with Crippen LogP contribution < -0.4 is 4.90 Å². The fraction of sp³-hybridized carbons (Fsp3) is 0.667. The number of nitriles is 1. The number of hydrogen-bond acceptors (Lipinski definition) is 4. The maximum absolute atomic E-state index is 9.50. The van der Waals surface area contributed by atoms with Crippen LogP contribution in [0.1, 0.15) is 57.9 Å². The first kappa shape index (κ1) is 15.4. The zero-order valence-corrected chi connectivity index (χ0v) is 12.7. The van der Waals surface area contributed by atoms with Crippen molar-refractivity contribution in [3.8, 4) is 6.07 Å². The topological polar surface area (TPSA) is 52.8 Å². The minimum Gasteiger partial charge on any atom is -0.352 e. The Balaban J connectivity index is 3.40. The summed E-state index contributed by atoms with van der Waals surface area (Å²) in [6.45, 7) is 11.4. The van der Waals surface area contributed by atoms with Crippen LogP contribution in [0.4, 0.5) is 5.82 Å².